The van der Waals surface area contributed by atoms with E-state index in [1.165, 1.54) is 11.3 Å². The van der Waals surface area contributed by atoms with Crippen LogP contribution in [0.1, 0.15) is 16.9 Å². The molecule has 10 heteroatoms. The number of aromatic amines is 1. The minimum Gasteiger partial charge on any atom is -0.318 e. The van der Waals surface area contributed by atoms with Crippen molar-refractivity contribution in [3.8, 4) is 10.6 Å². The molecule has 28 heavy (non-hydrogen) atoms. The SMILES string of the molecule is CN1CCN(CCCn2cc(NC(=O)c3csc(-c4cn[nH]c4)n3)cn2)CC1. The third-order valence-electron chi connectivity index (χ3n) is 4.83. The third kappa shape index (κ3) is 4.64. The first kappa shape index (κ1) is 18.8. The van der Waals surface area contributed by atoms with Gasteiger partial charge in [0.1, 0.15) is 10.7 Å². The van der Waals surface area contributed by atoms with Gasteiger partial charge in [-0.3, -0.25) is 14.6 Å². The van der Waals surface area contributed by atoms with E-state index in [-0.39, 0.29) is 5.91 Å². The van der Waals surface area contributed by atoms with Crippen molar-refractivity contribution >= 4 is 22.9 Å². The zero-order valence-corrected chi connectivity index (χ0v) is 16.7. The van der Waals surface area contributed by atoms with Crippen LogP contribution in [0.3, 0.4) is 0 Å². The summed E-state index contributed by atoms with van der Waals surface area (Å²) in [6, 6.07) is 0. The number of likely N-dealkylation sites (N-methyl/N-ethyl adjacent to an activating group) is 1. The van der Waals surface area contributed by atoms with Gasteiger partial charge < -0.3 is 15.1 Å². The standard InChI is InChI=1S/C18H24N8OS/c1-24-5-7-25(8-6-24)3-2-4-26-12-15(11-21-26)22-17(27)16-13-28-18(23-16)14-9-19-20-10-14/h9-13H,2-8H2,1H3,(H,19,20)(H,22,27). The minimum absolute atomic E-state index is 0.233. The van der Waals surface area contributed by atoms with Crippen molar-refractivity contribution in [2.75, 3.05) is 45.1 Å². The Bertz CT molecular complexity index is 894. The number of rotatable bonds is 7. The number of H-pyrrole nitrogens is 1. The topological polar surface area (TPSA) is 95.0 Å². The number of amides is 1. The first-order valence-corrected chi connectivity index (χ1v) is 10.2. The average Bonchev–Trinajstić information content (AvgIpc) is 3.45. The second-order valence-electron chi connectivity index (χ2n) is 6.97. The fraction of sp³-hybridized carbons (Fsp3) is 0.444. The number of hydrogen-bond donors (Lipinski definition) is 2. The molecule has 4 heterocycles. The van der Waals surface area contributed by atoms with E-state index >= 15 is 0 Å². The molecule has 2 N–H and O–H groups in total. The average molecular weight is 401 g/mol. The highest BCUT2D eigenvalue weighted by Crippen LogP contribution is 2.22. The summed E-state index contributed by atoms with van der Waals surface area (Å²) in [4.78, 5) is 21.6. The molecule has 1 saturated heterocycles. The van der Waals surface area contributed by atoms with E-state index in [1.54, 1.807) is 24.0 Å². The lowest BCUT2D eigenvalue weighted by molar-refractivity contribution is 0.102. The van der Waals surface area contributed by atoms with E-state index < -0.39 is 0 Å². The summed E-state index contributed by atoms with van der Waals surface area (Å²) in [5.41, 5.74) is 1.95. The second-order valence-corrected chi connectivity index (χ2v) is 7.83. The van der Waals surface area contributed by atoms with Crippen LogP contribution in [-0.2, 0) is 6.54 Å². The molecule has 0 spiro atoms. The summed E-state index contributed by atoms with van der Waals surface area (Å²) in [5.74, 6) is -0.233. The predicted octanol–water partition coefficient (Wildman–Crippen LogP) is 1.62. The Morgan fingerprint density at radius 1 is 1.25 bits per heavy atom. The van der Waals surface area contributed by atoms with E-state index in [0.29, 0.717) is 11.4 Å². The summed E-state index contributed by atoms with van der Waals surface area (Å²) in [5, 5.41) is 16.4. The van der Waals surface area contributed by atoms with Crippen molar-refractivity contribution in [1.29, 1.82) is 0 Å². The Morgan fingerprint density at radius 2 is 2.11 bits per heavy atom. The zero-order chi connectivity index (χ0) is 19.3. The maximum atomic E-state index is 12.4. The highest BCUT2D eigenvalue weighted by molar-refractivity contribution is 7.13. The van der Waals surface area contributed by atoms with Gasteiger partial charge in [-0.2, -0.15) is 10.2 Å². The van der Waals surface area contributed by atoms with Crippen LogP contribution in [0.15, 0.2) is 30.2 Å². The van der Waals surface area contributed by atoms with Crippen LogP contribution in [0.2, 0.25) is 0 Å². The Kier molecular flexibility index (Phi) is 5.79. The van der Waals surface area contributed by atoms with Crippen molar-refractivity contribution < 1.29 is 4.79 Å². The smallest absolute Gasteiger partial charge is 0.275 e. The summed E-state index contributed by atoms with van der Waals surface area (Å²) < 4.78 is 1.88. The van der Waals surface area contributed by atoms with Gasteiger partial charge in [-0.25, -0.2) is 4.98 Å². The highest BCUT2D eigenvalue weighted by atomic mass is 32.1. The van der Waals surface area contributed by atoms with Crippen LogP contribution < -0.4 is 5.32 Å². The van der Waals surface area contributed by atoms with Gasteiger partial charge in [0.2, 0.25) is 0 Å². The zero-order valence-electron chi connectivity index (χ0n) is 15.8. The van der Waals surface area contributed by atoms with E-state index in [9.17, 15) is 4.79 Å². The molecule has 3 aromatic rings. The summed E-state index contributed by atoms with van der Waals surface area (Å²) in [6.07, 6.45) is 8.03. The highest BCUT2D eigenvalue weighted by Gasteiger charge is 2.15. The van der Waals surface area contributed by atoms with Crippen LogP contribution in [0.4, 0.5) is 5.69 Å². The van der Waals surface area contributed by atoms with E-state index in [1.807, 2.05) is 10.9 Å². The number of nitrogens with one attached hydrogen (secondary N) is 2. The minimum atomic E-state index is -0.233. The van der Waals surface area contributed by atoms with Gasteiger partial charge in [-0.05, 0) is 20.0 Å². The predicted molar refractivity (Wildman–Crippen MR) is 108 cm³/mol. The molecule has 0 unspecified atom stereocenters. The second kappa shape index (κ2) is 8.63. The van der Waals surface area contributed by atoms with Crippen molar-refractivity contribution in [2.45, 2.75) is 13.0 Å². The van der Waals surface area contributed by atoms with Crippen molar-refractivity contribution in [1.82, 2.24) is 34.8 Å². The van der Waals surface area contributed by atoms with Crippen molar-refractivity contribution in [3.05, 3.63) is 35.9 Å². The Labute approximate surface area is 167 Å². The number of anilines is 1. The Balaban J connectivity index is 1.26. The van der Waals surface area contributed by atoms with Gasteiger partial charge in [0.25, 0.3) is 5.91 Å². The molecule has 0 saturated carbocycles. The molecule has 148 valence electrons. The molecule has 1 aliphatic rings. The molecule has 0 bridgehead atoms. The molecular weight excluding hydrogens is 376 g/mol. The largest absolute Gasteiger partial charge is 0.318 e. The number of piperazine rings is 1. The Hall–Kier alpha value is -2.56. The fourth-order valence-corrected chi connectivity index (χ4v) is 3.93. The number of carbonyl (C=O) groups is 1. The van der Waals surface area contributed by atoms with E-state index in [4.69, 9.17) is 0 Å². The first-order valence-electron chi connectivity index (χ1n) is 9.37. The van der Waals surface area contributed by atoms with Gasteiger partial charge in [-0.15, -0.1) is 11.3 Å². The Morgan fingerprint density at radius 3 is 2.89 bits per heavy atom. The lowest BCUT2D eigenvalue weighted by Gasteiger charge is -2.32. The van der Waals surface area contributed by atoms with Crippen LogP contribution in [0, 0.1) is 0 Å². The maximum absolute atomic E-state index is 12.4. The molecule has 4 rings (SSSR count). The van der Waals surface area contributed by atoms with Gasteiger partial charge in [0.05, 0.1) is 18.1 Å². The van der Waals surface area contributed by atoms with Crippen LogP contribution in [0.25, 0.3) is 10.6 Å². The van der Waals surface area contributed by atoms with Crippen LogP contribution in [-0.4, -0.2) is 80.4 Å². The molecule has 0 radical (unpaired) electrons. The molecule has 1 fully saturated rings. The van der Waals surface area contributed by atoms with E-state index in [0.717, 1.165) is 56.3 Å². The summed E-state index contributed by atoms with van der Waals surface area (Å²) in [7, 11) is 2.17. The number of thiazole rings is 1. The maximum Gasteiger partial charge on any atom is 0.275 e. The molecule has 1 amide bonds. The quantitative estimate of drug-likeness (QED) is 0.626. The van der Waals surface area contributed by atoms with Crippen LogP contribution >= 0.6 is 11.3 Å². The third-order valence-corrected chi connectivity index (χ3v) is 5.72. The number of carbonyl (C=O) groups excluding carboxylic acids is 1. The molecular formula is C18H24N8OS. The monoisotopic (exact) mass is 400 g/mol. The molecule has 0 aromatic carbocycles. The number of nitrogens with zero attached hydrogens (tertiary/aromatic N) is 6. The normalized spacial score (nSPS) is 15.8. The van der Waals surface area contributed by atoms with Gasteiger partial charge in [-0.1, -0.05) is 0 Å². The van der Waals surface area contributed by atoms with Crippen LogP contribution in [0.5, 0.6) is 0 Å². The van der Waals surface area contributed by atoms with Gasteiger partial charge >= 0.3 is 0 Å². The van der Waals surface area contributed by atoms with Crippen molar-refractivity contribution in [2.24, 2.45) is 0 Å². The summed E-state index contributed by atoms with van der Waals surface area (Å²) in [6.45, 7) is 6.44. The first-order chi connectivity index (χ1) is 13.7. The van der Waals surface area contributed by atoms with Crippen molar-refractivity contribution in [3.63, 3.8) is 0 Å². The lowest BCUT2D eigenvalue weighted by atomic mass is 10.3. The van der Waals surface area contributed by atoms with Gasteiger partial charge in [0.15, 0.2) is 0 Å². The molecule has 1 aliphatic heterocycles. The van der Waals surface area contributed by atoms with E-state index in [2.05, 4.69) is 42.4 Å². The van der Waals surface area contributed by atoms with Gasteiger partial charge in [0, 0.05) is 56.1 Å². The lowest BCUT2D eigenvalue weighted by Crippen LogP contribution is -2.44. The number of hydrogen-bond acceptors (Lipinski definition) is 7. The summed E-state index contributed by atoms with van der Waals surface area (Å²) >= 11 is 1.42. The molecule has 3 aromatic heterocycles. The molecule has 0 aliphatic carbocycles. The number of aromatic nitrogens is 5. The number of aryl methyl sites for hydroxylation is 1. The fourth-order valence-electron chi connectivity index (χ4n) is 3.15. The molecule has 0 atom stereocenters. The molecule has 9 nitrogen and oxygen atoms in total.